The smallest absolute Gasteiger partial charge is 0.267 e. The Labute approximate surface area is 163 Å². The lowest BCUT2D eigenvalue weighted by atomic mass is 9.90. The maximum absolute atomic E-state index is 13.3. The first kappa shape index (κ1) is 31.0. The van der Waals surface area contributed by atoms with Crippen LogP contribution in [0.25, 0.3) is 0 Å². The Balaban J connectivity index is 6.92. The van der Waals surface area contributed by atoms with Gasteiger partial charge in [0.05, 0.1) is 0 Å². The molecule has 0 rings (SSSR count). The highest BCUT2D eigenvalue weighted by atomic mass is 19.4. The van der Waals surface area contributed by atoms with Crippen molar-refractivity contribution in [2.75, 3.05) is 0 Å². The lowest BCUT2D eigenvalue weighted by Crippen LogP contribution is -2.74. The number of amides is 1. The Morgan fingerprint density at radius 2 is 0.636 bits per heavy atom. The van der Waals surface area contributed by atoms with Crippen molar-refractivity contribution < 1.29 is 97.0 Å². The molecule has 0 unspecified atom stereocenters. The second kappa shape index (κ2) is 7.50. The number of carbonyl (C=O) groups is 1. The Morgan fingerprint density at radius 3 is 0.879 bits per heavy atom. The monoisotopic (exact) mass is 549 g/mol. The van der Waals surface area contributed by atoms with E-state index in [4.69, 9.17) is 0 Å². The van der Waals surface area contributed by atoms with Crippen LogP contribution in [0.15, 0.2) is 0 Å². The maximum atomic E-state index is 13.3. The lowest BCUT2D eigenvalue weighted by Gasteiger charge is -2.41. The molecule has 0 aromatic heterocycles. The number of carbonyl (C=O) groups excluding carboxylic acids is 1. The third kappa shape index (κ3) is 4.30. The largest absolute Gasteiger partial charge is 0.494 e. The van der Waals surface area contributed by atoms with Gasteiger partial charge in [-0.3, -0.25) is 4.79 Å². The van der Waals surface area contributed by atoms with Crippen molar-refractivity contribution in [3.05, 3.63) is 0 Å². The summed E-state index contributed by atoms with van der Waals surface area (Å²) in [5.41, 5.74) is 0. The number of rotatable bonds is 6. The van der Waals surface area contributed by atoms with Crippen LogP contribution in [0.3, 0.4) is 0 Å². The Kier molecular flexibility index (Phi) is 7.05. The molecule has 0 aromatic carbocycles. The highest BCUT2D eigenvalue weighted by Crippen LogP contribution is 2.62. The molecule has 0 N–H and O–H groups in total. The van der Waals surface area contributed by atoms with E-state index in [-0.39, 0.29) is 0 Å². The van der Waals surface area contributed by atoms with E-state index < -0.39 is 65.1 Å². The molecule has 0 saturated heterocycles. The van der Waals surface area contributed by atoms with Crippen molar-refractivity contribution in [2.45, 2.75) is 54.3 Å². The molecule has 0 aliphatic rings. The Bertz CT molecular complexity index is 724. The molecule has 0 atom stereocenters. The molecule has 0 spiro atoms. The normalized spacial score (nSPS) is 16.2. The zero-order valence-electron chi connectivity index (χ0n) is 13.8. The van der Waals surface area contributed by atoms with E-state index in [0.29, 0.717) is 0 Å². The van der Waals surface area contributed by atoms with Gasteiger partial charge in [0, 0.05) is 0 Å². The van der Waals surface area contributed by atoms with E-state index >= 15 is 0 Å². The van der Waals surface area contributed by atoms with E-state index in [1.54, 1.807) is 0 Å². The molecule has 0 aliphatic heterocycles. The second-order valence-corrected chi connectivity index (χ2v) is 5.52. The molecule has 23 heteroatoms. The topological polar surface area (TPSA) is 20.3 Å². The molecule has 0 fully saturated rings. The summed E-state index contributed by atoms with van der Waals surface area (Å²) in [5, 5.41) is 0. The molecule has 198 valence electrons. The van der Waals surface area contributed by atoms with Crippen LogP contribution in [-0.4, -0.2) is 65.1 Å². The number of nitrogens with zero attached hydrogens (tertiary/aromatic N) is 1. The first-order chi connectivity index (χ1) is 13.8. The fourth-order valence-corrected chi connectivity index (χ4v) is 1.62. The summed E-state index contributed by atoms with van der Waals surface area (Å²) in [6.07, 6.45) is -23.1. The predicted molar refractivity (Wildman–Crippen MR) is 54.7 cm³/mol. The van der Waals surface area contributed by atoms with Gasteiger partial charge in [0.15, 0.2) is 0 Å². The highest BCUT2D eigenvalue weighted by molar-refractivity contribution is 5.85. The van der Waals surface area contributed by atoms with Gasteiger partial charge in [0.25, 0.3) is 0 Å². The Hall–Kier alpha value is -2.00. The van der Waals surface area contributed by atoms with Crippen molar-refractivity contribution in [3.63, 3.8) is 0 Å². The molecule has 2 nitrogen and oxygen atoms in total. The highest BCUT2D eigenvalue weighted by Gasteiger charge is 2.94. The van der Waals surface area contributed by atoms with E-state index in [2.05, 4.69) is 0 Å². The maximum Gasteiger partial charge on any atom is 0.494 e. The van der Waals surface area contributed by atoms with Crippen LogP contribution in [0.2, 0.25) is 0 Å². The predicted octanol–water partition coefficient (Wildman–Crippen LogP) is 6.23. The molecule has 0 bridgehead atoms. The SMILES string of the molecule is O=C(N(C(F)(F)F)C(F)(F)F)C(F)(F)C(F)(F)C(F)(F)C(F)(F)C(F)(F)C(F)(F)C(F)(F)F. The third-order valence-electron chi connectivity index (χ3n) is 3.31. The molecule has 0 heterocycles. The van der Waals surface area contributed by atoms with Gasteiger partial charge in [-0.2, -0.15) is 70.8 Å². The van der Waals surface area contributed by atoms with E-state index in [1.807, 2.05) is 0 Å². The van der Waals surface area contributed by atoms with Gasteiger partial charge in [-0.15, -0.1) is 26.3 Å². The minimum Gasteiger partial charge on any atom is -0.267 e. The Morgan fingerprint density at radius 1 is 0.394 bits per heavy atom. The molecule has 0 saturated carbocycles. The average molecular weight is 549 g/mol. The summed E-state index contributed by atoms with van der Waals surface area (Å²) in [7, 11) is 0. The van der Waals surface area contributed by atoms with Gasteiger partial charge in [0.2, 0.25) is 0 Å². The van der Waals surface area contributed by atoms with Gasteiger partial charge in [-0.05, 0) is 0 Å². The summed E-state index contributed by atoms with van der Waals surface area (Å²) in [5.74, 6) is -58.1. The van der Waals surface area contributed by atoms with E-state index in [9.17, 15) is 97.0 Å². The molecular formula is C10F21NO. The van der Waals surface area contributed by atoms with Crippen LogP contribution in [0.5, 0.6) is 0 Å². The fourth-order valence-electron chi connectivity index (χ4n) is 1.62. The standard InChI is InChI=1S/C10F21NO/c11-2(12,1(33)32(9(26,27)28)10(29,30)31)3(13,14)4(15,16)5(17,18)6(19,20)7(21,22)8(23,24)25. The summed E-state index contributed by atoms with van der Waals surface area (Å²) < 4.78 is 265. The molecule has 33 heavy (non-hydrogen) atoms. The zero-order valence-corrected chi connectivity index (χ0v) is 13.8. The molecule has 0 aliphatic carbocycles. The van der Waals surface area contributed by atoms with Crippen molar-refractivity contribution >= 4 is 5.91 Å². The molecule has 1 amide bonds. The minimum absolute atomic E-state index is 4.20. The summed E-state index contributed by atoms with van der Waals surface area (Å²) in [6, 6.07) is 0. The first-order valence-electron chi connectivity index (χ1n) is 6.59. The summed E-state index contributed by atoms with van der Waals surface area (Å²) >= 11 is 0. The number of halogens is 21. The van der Waals surface area contributed by atoms with E-state index in [0.717, 1.165) is 0 Å². The minimum atomic E-state index is -9.03. The second-order valence-electron chi connectivity index (χ2n) is 5.52. The van der Waals surface area contributed by atoms with Crippen LogP contribution in [0.4, 0.5) is 92.2 Å². The quantitative estimate of drug-likeness (QED) is 0.285. The van der Waals surface area contributed by atoms with Crippen molar-refractivity contribution in [1.29, 1.82) is 0 Å². The zero-order chi connectivity index (χ0) is 27.7. The molecular weight excluding hydrogens is 549 g/mol. The lowest BCUT2D eigenvalue weighted by molar-refractivity contribution is -0.451. The summed E-state index contributed by atoms with van der Waals surface area (Å²) in [4.78, 5) is 6.44. The van der Waals surface area contributed by atoms with Crippen LogP contribution < -0.4 is 0 Å². The van der Waals surface area contributed by atoms with Crippen molar-refractivity contribution in [2.24, 2.45) is 0 Å². The van der Waals surface area contributed by atoms with Crippen LogP contribution >= 0.6 is 0 Å². The van der Waals surface area contributed by atoms with E-state index in [1.165, 1.54) is 0 Å². The first-order valence-corrected chi connectivity index (χ1v) is 6.59. The molecule has 0 aromatic rings. The van der Waals surface area contributed by atoms with Gasteiger partial charge >= 0.3 is 60.2 Å². The van der Waals surface area contributed by atoms with Gasteiger partial charge in [0.1, 0.15) is 0 Å². The van der Waals surface area contributed by atoms with Crippen molar-refractivity contribution in [3.8, 4) is 0 Å². The number of hydrogen-bond acceptors (Lipinski definition) is 1. The van der Waals surface area contributed by atoms with Gasteiger partial charge < -0.3 is 0 Å². The summed E-state index contributed by atoms with van der Waals surface area (Å²) in [6.45, 7) is 0. The van der Waals surface area contributed by atoms with Gasteiger partial charge in [-0.25, -0.2) is 0 Å². The van der Waals surface area contributed by atoms with Gasteiger partial charge in [-0.1, -0.05) is 0 Å². The fraction of sp³-hybridized carbons (Fsp3) is 0.900. The number of hydrogen-bond donors (Lipinski definition) is 0. The van der Waals surface area contributed by atoms with Crippen LogP contribution in [0.1, 0.15) is 0 Å². The molecule has 0 radical (unpaired) electrons. The van der Waals surface area contributed by atoms with Crippen molar-refractivity contribution in [1.82, 2.24) is 4.90 Å². The van der Waals surface area contributed by atoms with Crippen LogP contribution in [-0.2, 0) is 4.79 Å². The third-order valence-corrected chi connectivity index (χ3v) is 3.31. The average Bonchev–Trinajstić information content (AvgIpc) is 2.49. The number of alkyl halides is 21. The van der Waals surface area contributed by atoms with Crippen LogP contribution in [0, 0.1) is 0 Å².